The number of hydrazine groups is 1. The average molecular weight is 204 g/mol. The molecule has 15 heavy (non-hydrogen) atoms. The van der Waals surface area contributed by atoms with E-state index in [1.807, 2.05) is 24.3 Å². The van der Waals surface area contributed by atoms with Gasteiger partial charge in [0.1, 0.15) is 5.58 Å². The Morgan fingerprint density at radius 3 is 2.93 bits per heavy atom. The highest BCUT2D eigenvalue weighted by Gasteiger charge is 2.18. The van der Waals surface area contributed by atoms with Crippen LogP contribution in [0.1, 0.15) is 18.4 Å². The molecule has 4 heteroatoms. The number of hydrogen-bond acceptors (Lipinski definition) is 3. The molecular formula is C11H12N2O2. The molecule has 2 rings (SSSR count). The molecule has 0 radical (unpaired) electrons. The summed E-state index contributed by atoms with van der Waals surface area (Å²) >= 11 is 0. The highest BCUT2D eigenvalue weighted by atomic mass is 16.3. The molecule has 2 aromatic rings. The van der Waals surface area contributed by atoms with Crippen LogP contribution in [0.2, 0.25) is 0 Å². The van der Waals surface area contributed by atoms with E-state index in [0.717, 1.165) is 16.5 Å². The lowest BCUT2D eigenvalue weighted by Crippen LogP contribution is -2.33. The maximum Gasteiger partial charge on any atom is 0.241 e. The van der Waals surface area contributed by atoms with Crippen LogP contribution < -0.4 is 11.3 Å². The summed E-state index contributed by atoms with van der Waals surface area (Å²) < 4.78 is 5.34. The summed E-state index contributed by atoms with van der Waals surface area (Å²) in [6.07, 6.45) is 1.60. The summed E-state index contributed by atoms with van der Waals surface area (Å²) in [5, 5.41) is 0.952. The summed E-state index contributed by atoms with van der Waals surface area (Å²) in [6, 6.07) is 7.60. The molecule has 3 N–H and O–H groups in total. The van der Waals surface area contributed by atoms with Crippen molar-refractivity contribution in [2.45, 2.75) is 12.8 Å². The monoisotopic (exact) mass is 204 g/mol. The minimum atomic E-state index is -0.307. The lowest BCUT2D eigenvalue weighted by Gasteiger charge is -2.06. The maximum atomic E-state index is 11.4. The highest BCUT2D eigenvalue weighted by molar-refractivity contribution is 5.90. The van der Waals surface area contributed by atoms with E-state index in [1.165, 1.54) is 0 Å². The number of benzene rings is 1. The molecule has 0 aliphatic carbocycles. The first kappa shape index (κ1) is 9.73. The molecule has 1 amide bonds. The van der Waals surface area contributed by atoms with Crippen LogP contribution in [0, 0.1) is 0 Å². The summed E-state index contributed by atoms with van der Waals surface area (Å²) in [7, 11) is 0. The smallest absolute Gasteiger partial charge is 0.241 e. The Morgan fingerprint density at radius 1 is 1.47 bits per heavy atom. The lowest BCUT2D eigenvalue weighted by molar-refractivity contribution is -0.122. The number of nitrogens with two attached hydrogens (primary N) is 1. The van der Waals surface area contributed by atoms with Crippen molar-refractivity contribution in [2.75, 3.05) is 0 Å². The first-order chi connectivity index (χ1) is 7.24. The summed E-state index contributed by atoms with van der Waals surface area (Å²) in [4.78, 5) is 11.4. The molecule has 0 saturated carbocycles. The largest absolute Gasteiger partial charge is 0.464 e. The normalized spacial score (nSPS) is 12.7. The number of para-hydroxylation sites is 1. The van der Waals surface area contributed by atoms with Crippen LogP contribution in [0.3, 0.4) is 0 Å². The standard InChI is InChI=1S/C11H12N2O2/c1-7(11(14)13-12)9-6-15-10-5-3-2-4-8(9)10/h2-7H,12H2,1H3,(H,13,14). The molecule has 0 bridgehead atoms. The second-order valence-electron chi connectivity index (χ2n) is 3.42. The maximum absolute atomic E-state index is 11.4. The van der Waals surface area contributed by atoms with Crippen LogP contribution >= 0.6 is 0 Å². The Morgan fingerprint density at radius 2 is 2.20 bits per heavy atom. The van der Waals surface area contributed by atoms with Crippen LogP contribution in [0.15, 0.2) is 34.9 Å². The van der Waals surface area contributed by atoms with Gasteiger partial charge in [-0.3, -0.25) is 10.2 Å². The fraction of sp³-hybridized carbons (Fsp3) is 0.182. The number of furan rings is 1. The van der Waals surface area contributed by atoms with Crippen molar-refractivity contribution in [1.29, 1.82) is 0 Å². The second-order valence-corrected chi connectivity index (χ2v) is 3.42. The van der Waals surface area contributed by atoms with Gasteiger partial charge in [0.05, 0.1) is 12.2 Å². The van der Waals surface area contributed by atoms with Gasteiger partial charge in [-0.1, -0.05) is 18.2 Å². The van der Waals surface area contributed by atoms with Crippen molar-refractivity contribution in [3.63, 3.8) is 0 Å². The Bertz CT molecular complexity index is 490. The van der Waals surface area contributed by atoms with Gasteiger partial charge in [-0.25, -0.2) is 5.84 Å². The second kappa shape index (κ2) is 3.74. The van der Waals surface area contributed by atoms with Gasteiger partial charge in [0.2, 0.25) is 5.91 Å². The number of hydrogen-bond donors (Lipinski definition) is 2. The number of carbonyl (C=O) groups is 1. The molecule has 78 valence electrons. The zero-order valence-corrected chi connectivity index (χ0v) is 8.36. The third kappa shape index (κ3) is 1.59. The van der Waals surface area contributed by atoms with E-state index in [-0.39, 0.29) is 11.8 Å². The zero-order chi connectivity index (χ0) is 10.8. The van der Waals surface area contributed by atoms with E-state index in [1.54, 1.807) is 13.2 Å². The molecule has 1 aromatic carbocycles. The third-order valence-corrected chi connectivity index (χ3v) is 2.51. The Kier molecular flexibility index (Phi) is 2.43. The number of fused-ring (bicyclic) bond motifs is 1. The van der Waals surface area contributed by atoms with Crippen molar-refractivity contribution in [2.24, 2.45) is 5.84 Å². The van der Waals surface area contributed by atoms with Crippen molar-refractivity contribution >= 4 is 16.9 Å². The molecule has 4 nitrogen and oxygen atoms in total. The van der Waals surface area contributed by atoms with Crippen molar-refractivity contribution in [1.82, 2.24) is 5.43 Å². The third-order valence-electron chi connectivity index (χ3n) is 2.51. The van der Waals surface area contributed by atoms with Gasteiger partial charge in [0, 0.05) is 10.9 Å². The SMILES string of the molecule is CC(C(=O)NN)c1coc2ccccc12. The fourth-order valence-corrected chi connectivity index (χ4v) is 1.60. The number of nitrogens with one attached hydrogen (secondary N) is 1. The molecule has 0 saturated heterocycles. The van der Waals surface area contributed by atoms with E-state index >= 15 is 0 Å². The topological polar surface area (TPSA) is 68.3 Å². The van der Waals surface area contributed by atoms with Gasteiger partial charge < -0.3 is 4.42 Å². The van der Waals surface area contributed by atoms with Crippen LogP contribution in [0.25, 0.3) is 11.0 Å². The van der Waals surface area contributed by atoms with Crippen molar-refractivity contribution < 1.29 is 9.21 Å². The number of rotatable bonds is 2. The molecule has 1 atom stereocenters. The minimum absolute atomic E-state index is 0.221. The first-order valence-corrected chi connectivity index (χ1v) is 4.70. The molecule has 0 spiro atoms. The van der Waals surface area contributed by atoms with Gasteiger partial charge in [-0.2, -0.15) is 0 Å². The molecule has 1 unspecified atom stereocenters. The van der Waals surface area contributed by atoms with Crippen LogP contribution in [0.5, 0.6) is 0 Å². The Hall–Kier alpha value is -1.81. The predicted molar refractivity (Wildman–Crippen MR) is 57.0 cm³/mol. The lowest BCUT2D eigenvalue weighted by atomic mass is 10.00. The summed E-state index contributed by atoms with van der Waals surface area (Å²) in [6.45, 7) is 1.79. The minimum Gasteiger partial charge on any atom is -0.464 e. The number of amides is 1. The zero-order valence-electron chi connectivity index (χ0n) is 8.36. The highest BCUT2D eigenvalue weighted by Crippen LogP contribution is 2.27. The van der Waals surface area contributed by atoms with Crippen molar-refractivity contribution in [3.05, 3.63) is 36.1 Å². The van der Waals surface area contributed by atoms with Gasteiger partial charge >= 0.3 is 0 Å². The number of carbonyl (C=O) groups excluding carboxylic acids is 1. The molecular weight excluding hydrogens is 192 g/mol. The molecule has 0 aliphatic heterocycles. The Labute approximate surface area is 87.0 Å². The van der Waals surface area contributed by atoms with Crippen molar-refractivity contribution in [3.8, 4) is 0 Å². The molecule has 0 fully saturated rings. The van der Waals surface area contributed by atoms with E-state index in [9.17, 15) is 4.79 Å². The quantitative estimate of drug-likeness (QED) is 0.443. The van der Waals surface area contributed by atoms with Crippen LogP contribution in [-0.4, -0.2) is 5.91 Å². The fourth-order valence-electron chi connectivity index (χ4n) is 1.60. The van der Waals surface area contributed by atoms with E-state index < -0.39 is 0 Å². The summed E-state index contributed by atoms with van der Waals surface area (Å²) in [5.41, 5.74) is 3.77. The van der Waals surface area contributed by atoms with E-state index in [2.05, 4.69) is 5.43 Å². The van der Waals surface area contributed by atoms with Crippen LogP contribution in [0.4, 0.5) is 0 Å². The molecule has 0 aliphatic rings. The van der Waals surface area contributed by atoms with E-state index in [4.69, 9.17) is 10.3 Å². The van der Waals surface area contributed by atoms with Gasteiger partial charge in [-0.15, -0.1) is 0 Å². The average Bonchev–Trinajstić information content (AvgIpc) is 2.70. The van der Waals surface area contributed by atoms with Gasteiger partial charge in [0.15, 0.2) is 0 Å². The van der Waals surface area contributed by atoms with Crippen LogP contribution in [-0.2, 0) is 4.79 Å². The van der Waals surface area contributed by atoms with Gasteiger partial charge in [0.25, 0.3) is 0 Å². The Balaban J connectivity index is 2.48. The first-order valence-electron chi connectivity index (χ1n) is 4.70. The van der Waals surface area contributed by atoms with Gasteiger partial charge in [-0.05, 0) is 13.0 Å². The predicted octanol–water partition coefficient (Wildman–Crippen LogP) is 1.53. The molecule has 1 heterocycles. The van der Waals surface area contributed by atoms with E-state index in [0.29, 0.717) is 0 Å². The molecule has 1 aromatic heterocycles. The summed E-state index contributed by atoms with van der Waals surface area (Å²) in [5.74, 6) is 4.57.